The molecule has 5 aromatic heterocycles. The van der Waals surface area contributed by atoms with Crippen LogP contribution in [0.3, 0.4) is 0 Å². The first-order chi connectivity index (χ1) is 20.6. The van der Waals surface area contributed by atoms with Crippen LogP contribution in [-0.4, -0.2) is 54.9 Å². The number of fused-ring (bicyclic) bond motifs is 1. The molecule has 13 heteroatoms. The van der Waals surface area contributed by atoms with Crippen LogP contribution in [0.2, 0.25) is 0 Å². The highest BCUT2D eigenvalue weighted by atomic mass is 19.4. The number of aromatic nitrogens is 6. The van der Waals surface area contributed by atoms with E-state index in [1.54, 1.807) is 21.6 Å². The molecule has 0 saturated carbocycles. The summed E-state index contributed by atoms with van der Waals surface area (Å²) in [6.07, 6.45) is 5.33. The van der Waals surface area contributed by atoms with Crippen LogP contribution in [0.25, 0.3) is 27.8 Å². The van der Waals surface area contributed by atoms with Crippen molar-refractivity contribution < 1.29 is 18.0 Å². The minimum Gasteiger partial charge on any atom is -0.356 e. The zero-order chi connectivity index (χ0) is 30.3. The number of alkyl halides is 3. The number of aryl methyl sites for hydroxylation is 1. The summed E-state index contributed by atoms with van der Waals surface area (Å²) in [5.74, 6) is 0.0528. The maximum atomic E-state index is 13.3. The average Bonchev–Trinajstić information content (AvgIpc) is 3.73. The normalized spacial score (nSPS) is 16.9. The summed E-state index contributed by atoms with van der Waals surface area (Å²) in [6, 6.07) is 10.1. The zero-order valence-electron chi connectivity index (χ0n) is 23.2. The standard InChI is InChI=1S/C30H26F3N9O/c1-18-14-41(16-22(18)11-37-29(43)27-25(30(31,32)33)4-3-7-35-27)26-6-5-19(10-36-26)24-8-20(23-13-38-40(2)15-23)17-42-28(24)21(9-34)12-39-42/h3-8,10,12-13,15,17-18,22H,11,14,16H2,1-2H3,(H,37,43)/t18?,22-/m1/s1. The van der Waals surface area contributed by atoms with Gasteiger partial charge in [0.2, 0.25) is 0 Å². The van der Waals surface area contributed by atoms with Gasteiger partial charge >= 0.3 is 6.18 Å². The van der Waals surface area contributed by atoms with E-state index in [0.717, 1.165) is 40.2 Å². The molecule has 0 aromatic carbocycles. The first-order valence-electron chi connectivity index (χ1n) is 13.5. The van der Waals surface area contributed by atoms with Crippen LogP contribution in [0.5, 0.6) is 0 Å². The molecule has 0 spiro atoms. The number of anilines is 1. The average molecular weight is 586 g/mol. The second-order valence-electron chi connectivity index (χ2n) is 10.7. The molecule has 43 heavy (non-hydrogen) atoms. The van der Waals surface area contributed by atoms with Crippen molar-refractivity contribution in [1.82, 2.24) is 34.7 Å². The van der Waals surface area contributed by atoms with Crippen LogP contribution in [-0.2, 0) is 13.2 Å². The van der Waals surface area contributed by atoms with Crippen LogP contribution in [0.15, 0.2) is 67.5 Å². The fourth-order valence-electron chi connectivity index (χ4n) is 5.49. The lowest BCUT2D eigenvalue weighted by atomic mass is 9.98. The summed E-state index contributed by atoms with van der Waals surface area (Å²) in [7, 11) is 1.84. The molecule has 0 bridgehead atoms. The number of rotatable bonds is 6. The third kappa shape index (κ3) is 5.39. The van der Waals surface area contributed by atoms with Gasteiger partial charge in [-0.05, 0) is 42.2 Å². The molecule has 1 N–H and O–H groups in total. The molecule has 1 aliphatic heterocycles. The number of nitriles is 1. The number of hydrogen-bond acceptors (Lipinski definition) is 7. The predicted octanol–water partition coefficient (Wildman–Crippen LogP) is 4.58. The van der Waals surface area contributed by atoms with Gasteiger partial charge in [-0.2, -0.15) is 28.6 Å². The largest absolute Gasteiger partial charge is 0.418 e. The van der Waals surface area contributed by atoms with E-state index in [0.29, 0.717) is 24.2 Å². The van der Waals surface area contributed by atoms with E-state index < -0.39 is 23.3 Å². The van der Waals surface area contributed by atoms with E-state index in [1.807, 2.05) is 44.6 Å². The van der Waals surface area contributed by atoms with E-state index >= 15 is 0 Å². The summed E-state index contributed by atoms with van der Waals surface area (Å²) in [5.41, 5.74) is 2.85. The quantitative estimate of drug-likeness (QED) is 0.310. The van der Waals surface area contributed by atoms with Gasteiger partial charge < -0.3 is 10.2 Å². The van der Waals surface area contributed by atoms with Gasteiger partial charge in [0.25, 0.3) is 5.91 Å². The first kappa shape index (κ1) is 27.9. The van der Waals surface area contributed by atoms with Crippen molar-refractivity contribution in [3.63, 3.8) is 0 Å². The first-order valence-corrected chi connectivity index (χ1v) is 13.5. The van der Waals surface area contributed by atoms with Crippen molar-refractivity contribution in [1.29, 1.82) is 5.26 Å². The van der Waals surface area contributed by atoms with Crippen LogP contribution >= 0.6 is 0 Å². The number of pyridine rings is 3. The summed E-state index contributed by atoms with van der Waals surface area (Å²) in [4.78, 5) is 23.1. The zero-order valence-corrected chi connectivity index (χ0v) is 23.2. The molecule has 1 fully saturated rings. The molecule has 1 unspecified atom stereocenters. The number of nitrogens with zero attached hydrogens (tertiary/aromatic N) is 8. The monoisotopic (exact) mass is 585 g/mol. The van der Waals surface area contributed by atoms with Crippen molar-refractivity contribution >= 4 is 17.2 Å². The van der Waals surface area contributed by atoms with Gasteiger partial charge in [-0.1, -0.05) is 6.92 Å². The van der Waals surface area contributed by atoms with Gasteiger partial charge in [0, 0.05) is 73.7 Å². The molecule has 1 amide bonds. The Bertz CT molecular complexity index is 1850. The maximum absolute atomic E-state index is 13.3. The van der Waals surface area contributed by atoms with Crippen molar-refractivity contribution in [3.05, 3.63) is 84.3 Å². The van der Waals surface area contributed by atoms with Crippen LogP contribution in [0.4, 0.5) is 19.0 Å². The molecule has 0 radical (unpaired) electrons. The number of carbonyl (C=O) groups is 1. The van der Waals surface area contributed by atoms with E-state index in [1.165, 1.54) is 12.4 Å². The lowest BCUT2D eigenvalue weighted by Crippen LogP contribution is -2.34. The smallest absolute Gasteiger partial charge is 0.356 e. The van der Waals surface area contributed by atoms with Crippen molar-refractivity contribution in [3.8, 4) is 28.3 Å². The lowest BCUT2D eigenvalue weighted by Gasteiger charge is -2.18. The predicted molar refractivity (Wildman–Crippen MR) is 152 cm³/mol. The highest BCUT2D eigenvalue weighted by molar-refractivity contribution is 5.94. The van der Waals surface area contributed by atoms with Gasteiger partial charge in [0.1, 0.15) is 17.6 Å². The minimum absolute atomic E-state index is 0.00393. The number of hydrogen-bond donors (Lipinski definition) is 1. The van der Waals surface area contributed by atoms with Crippen LogP contribution < -0.4 is 10.2 Å². The summed E-state index contributed by atoms with van der Waals surface area (Å²) in [5, 5.41) is 21.0. The van der Waals surface area contributed by atoms with Crippen molar-refractivity contribution in [2.24, 2.45) is 18.9 Å². The van der Waals surface area contributed by atoms with Gasteiger partial charge in [0.05, 0.1) is 29.0 Å². The Morgan fingerprint density at radius 3 is 2.60 bits per heavy atom. The molecule has 5 aromatic rings. The number of halogens is 3. The fraction of sp³-hybridized carbons (Fsp3) is 0.267. The lowest BCUT2D eigenvalue weighted by molar-refractivity contribution is -0.138. The molecule has 218 valence electrons. The molecule has 6 rings (SSSR count). The Balaban J connectivity index is 1.20. The Morgan fingerprint density at radius 1 is 1.07 bits per heavy atom. The number of carbonyl (C=O) groups excluding carboxylic acids is 1. The third-order valence-electron chi connectivity index (χ3n) is 7.77. The summed E-state index contributed by atoms with van der Waals surface area (Å²) in [6.45, 7) is 3.49. The van der Waals surface area contributed by atoms with Gasteiger partial charge in [0.15, 0.2) is 0 Å². The highest BCUT2D eigenvalue weighted by Crippen LogP contribution is 2.34. The van der Waals surface area contributed by atoms with Crippen LogP contribution in [0, 0.1) is 23.2 Å². The van der Waals surface area contributed by atoms with Crippen molar-refractivity contribution in [2.75, 3.05) is 24.5 Å². The second kappa shape index (κ2) is 10.9. The topological polar surface area (TPSA) is 117 Å². The second-order valence-corrected chi connectivity index (χ2v) is 10.7. The molecule has 1 saturated heterocycles. The minimum atomic E-state index is -4.67. The number of nitrogens with one attached hydrogen (secondary N) is 1. The van der Waals surface area contributed by atoms with Crippen LogP contribution in [0.1, 0.15) is 28.5 Å². The fourth-order valence-corrected chi connectivity index (χ4v) is 5.49. The van der Waals surface area contributed by atoms with E-state index in [-0.39, 0.29) is 18.4 Å². The molecule has 10 nitrogen and oxygen atoms in total. The summed E-state index contributed by atoms with van der Waals surface area (Å²) >= 11 is 0. The Hall–Kier alpha value is -5.25. The van der Waals surface area contributed by atoms with E-state index in [4.69, 9.17) is 4.98 Å². The Kier molecular flexibility index (Phi) is 7.05. The van der Waals surface area contributed by atoms with Gasteiger partial charge in [-0.15, -0.1) is 0 Å². The SMILES string of the molecule is CC1CN(c2ccc(-c3cc(-c4cnn(C)c4)cn4ncc(C#N)c34)cn2)C[C@H]1CNC(=O)c1ncccc1C(F)(F)F. The Morgan fingerprint density at radius 2 is 1.91 bits per heavy atom. The van der Waals surface area contributed by atoms with E-state index in [2.05, 4.69) is 31.5 Å². The molecule has 2 atom stereocenters. The Labute approximate surface area is 244 Å². The van der Waals surface area contributed by atoms with Gasteiger partial charge in [-0.25, -0.2) is 9.50 Å². The number of amides is 1. The molecular formula is C30H26F3N9O. The van der Waals surface area contributed by atoms with E-state index in [9.17, 15) is 23.2 Å². The highest BCUT2D eigenvalue weighted by Gasteiger charge is 2.36. The molecule has 1 aliphatic rings. The maximum Gasteiger partial charge on any atom is 0.418 e. The molecular weight excluding hydrogens is 559 g/mol. The molecule has 0 aliphatic carbocycles. The third-order valence-corrected chi connectivity index (χ3v) is 7.77. The van der Waals surface area contributed by atoms with Crippen molar-refractivity contribution in [2.45, 2.75) is 13.1 Å². The van der Waals surface area contributed by atoms with Gasteiger partial charge in [-0.3, -0.25) is 14.5 Å². The summed E-state index contributed by atoms with van der Waals surface area (Å²) < 4.78 is 43.4. The molecule has 6 heterocycles.